The second kappa shape index (κ2) is 6.38. The fraction of sp³-hybridized carbons (Fsp3) is 0.400. The Bertz CT molecular complexity index is 560. The second-order valence-corrected chi connectivity index (χ2v) is 4.47. The van der Waals surface area contributed by atoms with Crippen LogP contribution in [0.25, 0.3) is 10.9 Å². The van der Waals surface area contributed by atoms with E-state index >= 15 is 0 Å². The number of aryl methyl sites for hydroxylation is 1. The molecule has 0 aliphatic carbocycles. The lowest BCUT2D eigenvalue weighted by molar-refractivity contribution is -0.140. The van der Waals surface area contributed by atoms with Gasteiger partial charge in [-0.15, -0.1) is 0 Å². The van der Waals surface area contributed by atoms with E-state index in [1.165, 1.54) is 23.6 Å². The topological polar surface area (TPSA) is 43.3 Å². The minimum atomic E-state index is -0.175. The molecule has 19 heavy (non-hydrogen) atoms. The number of benzene rings is 1. The molecule has 2 aromatic rings. The Labute approximate surface area is 113 Å². The van der Waals surface area contributed by atoms with Gasteiger partial charge in [0.1, 0.15) is 0 Å². The van der Waals surface area contributed by atoms with Gasteiger partial charge in [-0.2, -0.15) is 0 Å². The first-order chi connectivity index (χ1) is 9.26. The van der Waals surface area contributed by atoms with E-state index in [-0.39, 0.29) is 5.97 Å². The summed E-state index contributed by atoms with van der Waals surface area (Å²) in [6, 6.07) is 8.38. The van der Waals surface area contributed by atoms with Crippen molar-refractivity contribution in [2.24, 2.45) is 0 Å². The molecule has 102 valence electrons. The third-order valence-electron chi connectivity index (χ3n) is 3.22. The van der Waals surface area contributed by atoms with E-state index in [0.29, 0.717) is 13.0 Å². The van der Waals surface area contributed by atoms with Gasteiger partial charge in [-0.25, -0.2) is 0 Å². The molecule has 1 N–H and O–H groups in total. The van der Waals surface area contributed by atoms with E-state index in [9.17, 15) is 4.79 Å². The summed E-state index contributed by atoms with van der Waals surface area (Å²) in [5.74, 6) is -0.175. The molecule has 1 heterocycles. The minimum absolute atomic E-state index is 0.175. The number of hydrogen-bond acceptors (Lipinski definition) is 3. The summed E-state index contributed by atoms with van der Waals surface area (Å²) in [4.78, 5) is 11.3. The normalized spacial score (nSPS) is 10.8. The van der Waals surface area contributed by atoms with Crippen molar-refractivity contribution in [1.82, 2.24) is 9.88 Å². The fourth-order valence-corrected chi connectivity index (χ4v) is 2.24. The van der Waals surface area contributed by atoms with Gasteiger partial charge in [-0.05, 0) is 23.6 Å². The minimum Gasteiger partial charge on any atom is -0.469 e. The number of rotatable bonds is 6. The molecule has 4 nitrogen and oxygen atoms in total. The Hall–Kier alpha value is -1.81. The highest BCUT2D eigenvalue weighted by molar-refractivity contribution is 5.83. The Kier molecular flexibility index (Phi) is 4.58. The molecule has 0 unspecified atom stereocenters. The van der Waals surface area contributed by atoms with Crippen molar-refractivity contribution in [3.63, 3.8) is 0 Å². The van der Waals surface area contributed by atoms with Crippen LogP contribution in [-0.2, 0) is 22.6 Å². The molecule has 0 saturated heterocycles. The SMILES string of the molecule is CCNCc1cccc2ccn(CCC(=O)OC)c12. The zero-order valence-electron chi connectivity index (χ0n) is 11.5. The number of nitrogens with zero attached hydrogens (tertiary/aromatic N) is 1. The quantitative estimate of drug-likeness (QED) is 0.811. The van der Waals surface area contributed by atoms with Crippen LogP contribution in [0.15, 0.2) is 30.5 Å². The Morgan fingerprint density at radius 2 is 2.21 bits per heavy atom. The molecule has 0 saturated carbocycles. The number of ether oxygens (including phenoxy) is 1. The van der Waals surface area contributed by atoms with Crippen molar-refractivity contribution >= 4 is 16.9 Å². The van der Waals surface area contributed by atoms with E-state index in [0.717, 1.165) is 13.1 Å². The first kappa shape index (κ1) is 13.6. The molecular formula is C15H20N2O2. The molecule has 0 spiro atoms. The van der Waals surface area contributed by atoms with Crippen LogP contribution < -0.4 is 5.32 Å². The van der Waals surface area contributed by atoms with E-state index in [1.807, 2.05) is 6.20 Å². The van der Waals surface area contributed by atoms with Crippen LogP contribution in [0, 0.1) is 0 Å². The molecule has 0 radical (unpaired) electrons. The van der Waals surface area contributed by atoms with Crippen LogP contribution in [0.5, 0.6) is 0 Å². The van der Waals surface area contributed by atoms with E-state index in [1.54, 1.807) is 0 Å². The molecule has 0 aliphatic rings. The van der Waals surface area contributed by atoms with Gasteiger partial charge in [0.05, 0.1) is 19.0 Å². The molecule has 0 amide bonds. The third kappa shape index (κ3) is 3.15. The molecule has 0 bridgehead atoms. The van der Waals surface area contributed by atoms with Gasteiger partial charge in [-0.1, -0.05) is 25.1 Å². The summed E-state index contributed by atoms with van der Waals surface area (Å²) >= 11 is 0. The van der Waals surface area contributed by atoms with Gasteiger partial charge in [-0.3, -0.25) is 4.79 Å². The highest BCUT2D eigenvalue weighted by atomic mass is 16.5. The molecule has 2 rings (SSSR count). The molecule has 4 heteroatoms. The summed E-state index contributed by atoms with van der Waals surface area (Å²) in [6.45, 7) is 4.53. The number of nitrogens with one attached hydrogen (secondary N) is 1. The van der Waals surface area contributed by atoms with Gasteiger partial charge >= 0.3 is 5.97 Å². The fourth-order valence-electron chi connectivity index (χ4n) is 2.24. The number of esters is 1. The zero-order valence-corrected chi connectivity index (χ0v) is 11.5. The molecule has 0 aliphatic heterocycles. The van der Waals surface area contributed by atoms with E-state index in [4.69, 9.17) is 4.74 Å². The van der Waals surface area contributed by atoms with Crippen LogP contribution in [0.3, 0.4) is 0 Å². The average molecular weight is 260 g/mol. The molecular weight excluding hydrogens is 240 g/mol. The molecule has 1 aromatic heterocycles. The Morgan fingerprint density at radius 3 is 2.95 bits per heavy atom. The maximum Gasteiger partial charge on any atom is 0.307 e. The van der Waals surface area contributed by atoms with Crippen LogP contribution >= 0.6 is 0 Å². The summed E-state index contributed by atoms with van der Waals surface area (Å²) in [6.07, 6.45) is 2.43. The molecule has 1 aromatic carbocycles. The summed E-state index contributed by atoms with van der Waals surface area (Å²) < 4.78 is 6.82. The Balaban J connectivity index is 2.25. The number of para-hydroxylation sites is 1. The number of methoxy groups -OCH3 is 1. The second-order valence-electron chi connectivity index (χ2n) is 4.47. The number of hydrogen-bond donors (Lipinski definition) is 1. The van der Waals surface area contributed by atoms with Crippen molar-refractivity contribution in [1.29, 1.82) is 0 Å². The largest absolute Gasteiger partial charge is 0.469 e. The van der Waals surface area contributed by atoms with Gasteiger partial charge in [0.15, 0.2) is 0 Å². The smallest absolute Gasteiger partial charge is 0.307 e. The third-order valence-corrected chi connectivity index (χ3v) is 3.22. The highest BCUT2D eigenvalue weighted by Crippen LogP contribution is 2.20. The van der Waals surface area contributed by atoms with Crippen molar-refractivity contribution < 1.29 is 9.53 Å². The van der Waals surface area contributed by atoms with Crippen LogP contribution in [0.2, 0.25) is 0 Å². The van der Waals surface area contributed by atoms with Gasteiger partial charge < -0.3 is 14.6 Å². The number of fused-ring (bicyclic) bond motifs is 1. The number of carbonyl (C=O) groups excluding carboxylic acids is 1. The van der Waals surface area contributed by atoms with Crippen LogP contribution in [-0.4, -0.2) is 24.2 Å². The lowest BCUT2D eigenvalue weighted by Gasteiger charge is -2.10. The standard InChI is InChI=1S/C15H20N2O2/c1-3-16-11-13-6-4-5-12-7-9-17(15(12)13)10-8-14(18)19-2/h4-7,9,16H,3,8,10-11H2,1-2H3. The first-order valence-electron chi connectivity index (χ1n) is 6.60. The van der Waals surface area contributed by atoms with Crippen LogP contribution in [0.1, 0.15) is 18.9 Å². The van der Waals surface area contributed by atoms with Crippen LogP contribution in [0.4, 0.5) is 0 Å². The van der Waals surface area contributed by atoms with Crippen molar-refractivity contribution in [2.75, 3.05) is 13.7 Å². The number of aromatic nitrogens is 1. The van der Waals surface area contributed by atoms with Crippen molar-refractivity contribution in [3.05, 3.63) is 36.0 Å². The predicted octanol–water partition coefficient (Wildman–Crippen LogP) is 2.31. The zero-order chi connectivity index (χ0) is 13.7. The first-order valence-corrected chi connectivity index (χ1v) is 6.60. The Morgan fingerprint density at radius 1 is 1.37 bits per heavy atom. The van der Waals surface area contributed by atoms with Crippen molar-refractivity contribution in [3.8, 4) is 0 Å². The van der Waals surface area contributed by atoms with Gasteiger partial charge in [0, 0.05) is 19.3 Å². The monoisotopic (exact) mass is 260 g/mol. The summed E-state index contributed by atoms with van der Waals surface area (Å²) in [5, 5.41) is 4.55. The lowest BCUT2D eigenvalue weighted by Crippen LogP contribution is -2.13. The predicted molar refractivity (Wildman–Crippen MR) is 76.0 cm³/mol. The van der Waals surface area contributed by atoms with Gasteiger partial charge in [0.25, 0.3) is 0 Å². The van der Waals surface area contributed by atoms with Gasteiger partial charge in [0.2, 0.25) is 0 Å². The number of carbonyl (C=O) groups is 1. The van der Waals surface area contributed by atoms with E-state index < -0.39 is 0 Å². The lowest BCUT2D eigenvalue weighted by atomic mass is 10.1. The maximum absolute atomic E-state index is 11.3. The molecule has 0 fully saturated rings. The highest BCUT2D eigenvalue weighted by Gasteiger charge is 2.08. The maximum atomic E-state index is 11.3. The van der Waals surface area contributed by atoms with Crippen molar-refractivity contribution in [2.45, 2.75) is 26.4 Å². The summed E-state index contributed by atoms with van der Waals surface area (Å²) in [7, 11) is 1.42. The molecule has 0 atom stereocenters. The summed E-state index contributed by atoms with van der Waals surface area (Å²) in [5.41, 5.74) is 2.46. The average Bonchev–Trinajstić information content (AvgIpc) is 2.86. The van der Waals surface area contributed by atoms with E-state index in [2.05, 4.69) is 41.1 Å².